The molecule has 0 saturated heterocycles. The van der Waals surface area contributed by atoms with Crippen molar-refractivity contribution in [3.63, 3.8) is 0 Å². The minimum Gasteiger partial charge on any atom is -0.507 e. The number of amides is 2. The van der Waals surface area contributed by atoms with Gasteiger partial charge < -0.3 is 16.6 Å². The fourth-order valence-electron chi connectivity index (χ4n) is 0.881. The second kappa shape index (κ2) is 3.10. The van der Waals surface area contributed by atoms with Crippen LogP contribution in [-0.4, -0.2) is 21.9 Å². The van der Waals surface area contributed by atoms with Gasteiger partial charge in [-0.25, -0.2) is 4.98 Å². The Hall–Kier alpha value is -2.11. The number of pyridine rings is 1. The maximum Gasteiger partial charge on any atom is 0.268 e. The smallest absolute Gasteiger partial charge is 0.268 e. The summed E-state index contributed by atoms with van der Waals surface area (Å²) in [6.45, 7) is 0. The lowest BCUT2D eigenvalue weighted by atomic mass is 10.1. The topological polar surface area (TPSA) is 119 Å². The molecule has 0 aliphatic rings. The maximum atomic E-state index is 10.8. The standard InChI is InChI=1S/C7H7N3O3/c8-6(12)4-3(11)1-2-10-5(4)7(9)13/h1-2H,(H2,8,12)(H2,9,13)(H,10,11). The molecule has 0 unspecified atom stereocenters. The molecule has 6 nitrogen and oxygen atoms in total. The van der Waals surface area contributed by atoms with Crippen molar-refractivity contribution in [1.82, 2.24) is 4.98 Å². The molecule has 0 atom stereocenters. The van der Waals surface area contributed by atoms with Crippen LogP contribution >= 0.6 is 0 Å². The Labute approximate surface area is 73.2 Å². The molecule has 0 fully saturated rings. The molecular weight excluding hydrogens is 174 g/mol. The summed E-state index contributed by atoms with van der Waals surface area (Å²) in [6, 6.07) is 1.15. The zero-order valence-electron chi connectivity index (χ0n) is 6.52. The SMILES string of the molecule is NC(=O)c1nccc(O)c1C(N)=O. The van der Waals surface area contributed by atoms with E-state index >= 15 is 0 Å². The number of primary amides is 2. The zero-order chi connectivity index (χ0) is 10.0. The fourth-order valence-corrected chi connectivity index (χ4v) is 0.881. The number of aromatic hydroxyl groups is 1. The number of rotatable bonds is 2. The number of nitrogens with zero attached hydrogens (tertiary/aromatic N) is 1. The molecule has 1 rings (SSSR count). The summed E-state index contributed by atoms with van der Waals surface area (Å²) in [7, 11) is 0. The van der Waals surface area contributed by atoms with Crippen molar-refractivity contribution in [3.05, 3.63) is 23.5 Å². The van der Waals surface area contributed by atoms with Gasteiger partial charge in [-0.2, -0.15) is 0 Å². The monoisotopic (exact) mass is 181 g/mol. The molecule has 0 aliphatic carbocycles. The van der Waals surface area contributed by atoms with Crippen molar-refractivity contribution < 1.29 is 14.7 Å². The Morgan fingerprint density at radius 1 is 1.31 bits per heavy atom. The number of carbonyl (C=O) groups excluding carboxylic acids is 2. The highest BCUT2D eigenvalue weighted by molar-refractivity contribution is 6.06. The number of hydrogen-bond acceptors (Lipinski definition) is 4. The van der Waals surface area contributed by atoms with Crippen molar-refractivity contribution in [2.45, 2.75) is 0 Å². The number of hydrogen-bond donors (Lipinski definition) is 3. The van der Waals surface area contributed by atoms with Crippen molar-refractivity contribution in [2.24, 2.45) is 11.5 Å². The zero-order valence-corrected chi connectivity index (χ0v) is 6.52. The van der Waals surface area contributed by atoms with Gasteiger partial charge in [0.05, 0.1) is 0 Å². The van der Waals surface area contributed by atoms with Gasteiger partial charge in [-0.05, 0) is 6.07 Å². The largest absolute Gasteiger partial charge is 0.507 e. The molecular formula is C7H7N3O3. The van der Waals surface area contributed by atoms with Gasteiger partial charge in [-0.15, -0.1) is 0 Å². The Morgan fingerprint density at radius 3 is 2.31 bits per heavy atom. The average Bonchev–Trinajstić information content (AvgIpc) is 2.02. The maximum absolute atomic E-state index is 10.8. The lowest BCUT2D eigenvalue weighted by Crippen LogP contribution is -2.22. The van der Waals surface area contributed by atoms with E-state index in [1.165, 1.54) is 0 Å². The minimum absolute atomic E-state index is 0.326. The highest BCUT2D eigenvalue weighted by Crippen LogP contribution is 2.17. The quantitative estimate of drug-likeness (QED) is 0.541. The Balaban J connectivity index is 3.43. The van der Waals surface area contributed by atoms with Gasteiger partial charge in [0, 0.05) is 6.20 Å². The summed E-state index contributed by atoms with van der Waals surface area (Å²) in [6.07, 6.45) is 1.15. The predicted molar refractivity (Wildman–Crippen MR) is 42.9 cm³/mol. The van der Waals surface area contributed by atoms with Crippen molar-refractivity contribution >= 4 is 11.8 Å². The highest BCUT2D eigenvalue weighted by atomic mass is 16.3. The van der Waals surface area contributed by atoms with Crippen LogP contribution in [0.4, 0.5) is 0 Å². The predicted octanol–water partition coefficient (Wildman–Crippen LogP) is -1.02. The molecule has 0 aromatic carbocycles. The minimum atomic E-state index is -0.945. The van der Waals surface area contributed by atoms with Crippen LogP contribution in [0.3, 0.4) is 0 Å². The van der Waals surface area contributed by atoms with Crippen LogP contribution in [0.5, 0.6) is 5.75 Å². The average molecular weight is 181 g/mol. The van der Waals surface area contributed by atoms with E-state index in [0.29, 0.717) is 0 Å². The van der Waals surface area contributed by atoms with E-state index in [-0.39, 0.29) is 11.3 Å². The van der Waals surface area contributed by atoms with E-state index in [2.05, 4.69) is 4.98 Å². The second-order valence-corrected chi connectivity index (χ2v) is 2.28. The van der Waals surface area contributed by atoms with Crippen LogP contribution in [0.1, 0.15) is 20.8 Å². The molecule has 0 spiro atoms. The summed E-state index contributed by atoms with van der Waals surface area (Å²) in [5.41, 5.74) is 9.13. The Bertz CT molecular complexity index is 375. The number of nitrogens with two attached hydrogens (primary N) is 2. The lowest BCUT2D eigenvalue weighted by molar-refractivity contribution is 0.0961. The highest BCUT2D eigenvalue weighted by Gasteiger charge is 2.17. The van der Waals surface area contributed by atoms with E-state index < -0.39 is 17.6 Å². The molecule has 5 N–H and O–H groups in total. The molecule has 68 valence electrons. The van der Waals surface area contributed by atoms with Crippen molar-refractivity contribution in [1.29, 1.82) is 0 Å². The molecule has 2 amide bonds. The van der Waals surface area contributed by atoms with Crippen LogP contribution in [0.15, 0.2) is 12.3 Å². The van der Waals surface area contributed by atoms with Gasteiger partial charge in [0.1, 0.15) is 17.0 Å². The summed E-state index contributed by atoms with van der Waals surface area (Å²) in [4.78, 5) is 25.0. The summed E-state index contributed by atoms with van der Waals surface area (Å²) in [5, 5.41) is 9.16. The lowest BCUT2D eigenvalue weighted by Gasteiger charge is -2.02. The van der Waals surface area contributed by atoms with Crippen LogP contribution in [-0.2, 0) is 0 Å². The number of carbonyl (C=O) groups is 2. The Kier molecular flexibility index (Phi) is 2.14. The van der Waals surface area contributed by atoms with Gasteiger partial charge >= 0.3 is 0 Å². The molecule has 0 saturated carbocycles. The molecule has 1 aromatic heterocycles. The van der Waals surface area contributed by atoms with Crippen LogP contribution in [0, 0.1) is 0 Å². The molecule has 0 bridgehead atoms. The fraction of sp³-hybridized carbons (Fsp3) is 0. The first kappa shape index (κ1) is 8.98. The normalized spacial score (nSPS) is 9.54. The van der Waals surface area contributed by atoms with Crippen molar-refractivity contribution in [3.8, 4) is 5.75 Å². The molecule has 13 heavy (non-hydrogen) atoms. The van der Waals surface area contributed by atoms with E-state index in [4.69, 9.17) is 16.6 Å². The first-order chi connectivity index (χ1) is 6.04. The van der Waals surface area contributed by atoms with Gasteiger partial charge in [-0.3, -0.25) is 9.59 Å². The summed E-state index contributed by atoms with van der Waals surface area (Å²) >= 11 is 0. The summed E-state index contributed by atoms with van der Waals surface area (Å²) in [5.74, 6) is -2.26. The third-order valence-corrected chi connectivity index (χ3v) is 1.41. The Morgan fingerprint density at radius 2 is 1.92 bits per heavy atom. The van der Waals surface area contributed by atoms with Crippen LogP contribution < -0.4 is 11.5 Å². The van der Waals surface area contributed by atoms with Gasteiger partial charge in [0.2, 0.25) is 0 Å². The van der Waals surface area contributed by atoms with Gasteiger partial charge in [-0.1, -0.05) is 0 Å². The second-order valence-electron chi connectivity index (χ2n) is 2.28. The molecule has 1 heterocycles. The number of aromatic nitrogens is 1. The van der Waals surface area contributed by atoms with Gasteiger partial charge in [0.25, 0.3) is 11.8 Å². The van der Waals surface area contributed by atoms with E-state index in [0.717, 1.165) is 12.3 Å². The van der Waals surface area contributed by atoms with Crippen LogP contribution in [0.2, 0.25) is 0 Å². The first-order valence-electron chi connectivity index (χ1n) is 3.31. The van der Waals surface area contributed by atoms with Crippen molar-refractivity contribution in [2.75, 3.05) is 0 Å². The molecule has 1 aromatic rings. The third kappa shape index (κ3) is 1.56. The molecule has 0 aliphatic heterocycles. The third-order valence-electron chi connectivity index (χ3n) is 1.41. The van der Waals surface area contributed by atoms with E-state index in [1.807, 2.05) is 0 Å². The first-order valence-corrected chi connectivity index (χ1v) is 3.31. The summed E-state index contributed by atoms with van der Waals surface area (Å²) < 4.78 is 0. The molecule has 6 heteroatoms. The van der Waals surface area contributed by atoms with Gasteiger partial charge in [0.15, 0.2) is 0 Å². The van der Waals surface area contributed by atoms with E-state index in [1.54, 1.807) is 0 Å². The molecule has 0 radical (unpaired) electrons. The van der Waals surface area contributed by atoms with Crippen LogP contribution in [0.25, 0.3) is 0 Å². The van der Waals surface area contributed by atoms with E-state index in [9.17, 15) is 9.59 Å².